The summed E-state index contributed by atoms with van der Waals surface area (Å²) in [6.07, 6.45) is 1.15. The highest BCUT2D eigenvalue weighted by atomic mass is 35.5. The number of halogens is 1. The number of carboxylic acid groups (broad SMARTS) is 1. The molecule has 0 fully saturated rings. The lowest BCUT2D eigenvalue weighted by molar-refractivity contribution is -0.132. The molecular weight excluding hydrogens is 310 g/mol. The Morgan fingerprint density at radius 3 is 2.64 bits per heavy atom. The molecule has 0 amide bonds. The molecule has 0 aliphatic carbocycles. The summed E-state index contributed by atoms with van der Waals surface area (Å²) in [5.41, 5.74) is -2.27. The molecule has 0 atom stereocenters. The van der Waals surface area contributed by atoms with Crippen molar-refractivity contribution in [2.45, 2.75) is 13.3 Å². The number of aliphatic carboxylic acids is 1. The third kappa shape index (κ3) is 2.87. The monoisotopic (exact) mass is 321 g/mol. The first kappa shape index (κ1) is 15.8. The van der Waals surface area contributed by atoms with E-state index in [0.717, 1.165) is 6.08 Å². The zero-order valence-electron chi connectivity index (χ0n) is 11.5. The molecule has 0 saturated carbocycles. The third-order valence-electron chi connectivity index (χ3n) is 3.17. The Balaban J connectivity index is 2.98. The number of hydrogen-bond donors (Lipinski definition) is 3. The second kappa shape index (κ2) is 6.03. The van der Waals surface area contributed by atoms with Crippen molar-refractivity contribution in [1.82, 2.24) is 4.98 Å². The lowest BCUT2D eigenvalue weighted by Crippen LogP contribution is -2.25. The molecule has 3 N–H and O–H groups in total. The van der Waals surface area contributed by atoms with Gasteiger partial charge in [-0.05, 0) is 30.7 Å². The quantitative estimate of drug-likeness (QED) is 0.593. The summed E-state index contributed by atoms with van der Waals surface area (Å²) in [7, 11) is 0. The Labute approximate surface area is 129 Å². The number of H-pyrrole nitrogens is 1. The maximum atomic E-state index is 12.1. The van der Waals surface area contributed by atoms with E-state index in [-0.39, 0.29) is 28.5 Å². The van der Waals surface area contributed by atoms with Crippen molar-refractivity contribution < 1.29 is 15.0 Å². The number of carbonyl (C=O) groups is 1. The van der Waals surface area contributed by atoms with Gasteiger partial charge in [-0.3, -0.25) is 9.59 Å². The van der Waals surface area contributed by atoms with E-state index in [4.69, 9.17) is 16.7 Å². The summed E-state index contributed by atoms with van der Waals surface area (Å²) in [6, 6.07) is 4.31. The second-order valence-electron chi connectivity index (χ2n) is 4.56. The summed E-state index contributed by atoms with van der Waals surface area (Å²) < 4.78 is 0. The molecule has 1 aromatic carbocycles. The first-order valence-corrected chi connectivity index (χ1v) is 6.75. The van der Waals surface area contributed by atoms with Crippen LogP contribution in [0.1, 0.15) is 18.9 Å². The van der Waals surface area contributed by atoms with Crippen LogP contribution >= 0.6 is 11.6 Å². The van der Waals surface area contributed by atoms with E-state index in [1.165, 1.54) is 18.2 Å². The Hall–Kier alpha value is -2.60. The van der Waals surface area contributed by atoms with Crippen molar-refractivity contribution in [2.24, 2.45) is 0 Å². The number of aromatic amines is 1. The van der Waals surface area contributed by atoms with Crippen LogP contribution in [0.15, 0.2) is 33.4 Å². The summed E-state index contributed by atoms with van der Waals surface area (Å²) in [6.45, 7) is 1.59. The van der Waals surface area contributed by atoms with Gasteiger partial charge in [-0.25, -0.2) is 4.79 Å². The van der Waals surface area contributed by atoms with E-state index in [1.54, 1.807) is 6.92 Å². The van der Waals surface area contributed by atoms with Gasteiger partial charge in [0, 0.05) is 16.0 Å². The van der Waals surface area contributed by atoms with Crippen LogP contribution in [0.3, 0.4) is 0 Å². The highest BCUT2D eigenvalue weighted by Gasteiger charge is 2.14. The van der Waals surface area contributed by atoms with E-state index in [2.05, 4.69) is 4.98 Å². The molecule has 0 spiro atoms. The molecule has 1 aromatic heterocycles. The highest BCUT2D eigenvalue weighted by molar-refractivity contribution is 6.31. The minimum absolute atomic E-state index is 0.0971. The van der Waals surface area contributed by atoms with Crippen LogP contribution in [0.25, 0.3) is 17.0 Å². The smallest absolute Gasteiger partial charge is 0.331 e. The van der Waals surface area contributed by atoms with Gasteiger partial charge < -0.3 is 15.2 Å². The fourth-order valence-corrected chi connectivity index (χ4v) is 2.18. The van der Waals surface area contributed by atoms with Gasteiger partial charge in [0.2, 0.25) is 0 Å². The second-order valence-corrected chi connectivity index (χ2v) is 5.00. The molecule has 1 heterocycles. The van der Waals surface area contributed by atoms with Crippen molar-refractivity contribution in [3.63, 3.8) is 0 Å². The molecule has 0 aliphatic heterocycles. The SMILES string of the molecule is CC/C(=C\c1c(O)c2ccc(Cl)cc2[nH]c(=O)c1=O)C(=O)O. The van der Waals surface area contributed by atoms with E-state index < -0.39 is 22.7 Å². The van der Waals surface area contributed by atoms with Crippen molar-refractivity contribution in [1.29, 1.82) is 0 Å². The van der Waals surface area contributed by atoms with Crippen LogP contribution in [0.4, 0.5) is 0 Å². The van der Waals surface area contributed by atoms with Crippen LogP contribution in [0, 0.1) is 0 Å². The van der Waals surface area contributed by atoms with Gasteiger partial charge in [-0.15, -0.1) is 0 Å². The van der Waals surface area contributed by atoms with Crippen LogP contribution in [-0.4, -0.2) is 21.2 Å². The number of rotatable bonds is 3. The van der Waals surface area contributed by atoms with Crippen LogP contribution in [-0.2, 0) is 4.79 Å². The first-order chi connectivity index (χ1) is 10.3. The van der Waals surface area contributed by atoms with E-state index in [1.807, 2.05) is 0 Å². The van der Waals surface area contributed by atoms with Crippen molar-refractivity contribution >= 4 is 34.5 Å². The lowest BCUT2D eigenvalue weighted by Gasteiger charge is -2.00. The fraction of sp³-hybridized carbons (Fsp3) is 0.133. The largest absolute Gasteiger partial charge is 0.506 e. The van der Waals surface area contributed by atoms with E-state index >= 15 is 0 Å². The molecule has 0 saturated heterocycles. The average Bonchev–Trinajstić information content (AvgIpc) is 2.54. The summed E-state index contributed by atoms with van der Waals surface area (Å²) >= 11 is 5.82. The van der Waals surface area contributed by atoms with Crippen molar-refractivity contribution in [2.75, 3.05) is 0 Å². The number of fused-ring (bicyclic) bond motifs is 1. The standard InChI is InChI=1S/C15H12ClNO5/c1-2-7(15(21)22)5-10-12(18)9-4-3-8(16)6-11(9)17-14(20)13(10)19/h3-6,18H,2H2,1H3,(H,21,22)(H,17,19,20)/b7-5+. The molecule has 0 radical (unpaired) electrons. The number of carboxylic acids is 1. The molecule has 2 aromatic rings. The minimum Gasteiger partial charge on any atom is -0.506 e. The average molecular weight is 322 g/mol. The fourth-order valence-electron chi connectivity index (χ4n) is 2.00. The maximum Gasteiger partial charge on any atom is 0.331 e. The van der Waals surface area contributed by atoms with E-state index in [0.29, 0.717) is 5.02 Å². The molecular formula is C15H12ClNO5. The first-order valence-electron chi connectivity index (χ1n) is 6.37. The number of nitrogens with one attached hydrogen (secondary N) is 1. The minimum atomic E-state index is -1.23. The number of benzene rings is 1. The number of aromatic nitrogens is 1. The van der Waals surface area contributed by atoms with Crippen LogP contribution in [0.5, 0.6) is 5.75 Å². The molecule has 6 nitrogen and oxygen atoms in total. The van der Waals surface area contributed by atoms with Gasteiger partial charge in [0.25, 0.3) is 11.0 Å². The zero-order valence-corrected chi connectivity index (χ0v) is 12.3. The summed E-state index contributed by atoms with van der Waals surface area (Å²) in [5.74, 6) is -1.70. The van der Waals surface area contributed by atoms with Gasteiger partial charge in [-0.2, -0.15) is 0 Å². The van der Waals surface area contributed by atoms with Crippen molar-refractivity contribution in [3.05, 3.63) is 54.9 Å². The third-order valence-corrected chi connectivity index (χ3v) is 3.40. The summed E-state index contributed by atoms with van der Waals surface area (Å²) in [4.78, 5) is 37.4. The van der Waals surface area contributed by atoms with E-state index in [9.17, 15) is 19.5 Å². The Morgan fingerprint density at radius 2 is 2.05 bits per heavy atom. The molecule has 0 aliphatic rings. The molecule has 22 heavy (non-hydrogen) atoms. The molecule has 7 heteroatoms. The predicted octanol–water partition coefficient (Wildman–Crippen LogP) is 2.13. The predicted molar refractivity (Wildman–Crippen MR) is 83.4 cm³/mol. The van der Waals surface area contributed by atoms with Crippen molar-refractivity contribution in [3.8, 4) is 5.75 Å². The van der Waals surface area contributed by atoms with Crippen LogP contribution in [0.2, 0.25) is 5.02 Å². The van der Waals surface area contributed by atoms with Gasteiger partial charge in [0.05, 0.1) is 11.1 Å². The summed E-state index contributed by atoms with van der Waals surface area (Å²) in [5, 5.41) is 19.8. The molecule has 114 valence electrons. The normalized spacial score (nSPS) is 11.6. The lowest BCUT2D eigenvalue weighted by atomic mass is 10.1. The highest BCUT2D eigenvalue weighted by Crippen LogP contribution is 2.27. The Bertz CT molecular complexity index is 914. The van der Waals surface area contributed by atoms with Gasteiger partial charge in [-0.1, -0.05) is 18.5 Å². The maximum absolute atomic E-state index is 12.1. The molecule has 0 unspecified atom stereocenters. The van der Waals surface area contributed by atoms with Crippen LogP contribution < -0.4 is 11.0 Å². The molecule has 2 rings (SSSR count). The topological polar surface area (TPSA) is 107 Å². The number of aromatic hydroxyl groups is 1. The molecule has 0 bridgehead atoms. The Kier molecular flexibility index (Phi) is 4.32. The zero-order chi connectivity index (χ0) is 16.4. The number of hydrogen-bond acceptors (Lipinski definition) is 4. The Morgan fingerprint density at radius 1 is 1.36 bits per heavy atom. The van der Waals surface area contributed by atoms with Gasteiger partial charge >= 0.3 is 5.97 Å². The van der Waals surface area contributed by atoms with Gasteiger partial charge in [0.15, 0.2) is 0 Å². The van der Waals surface area contributed by atoms with Gasteiger partial charge in [0.1, 0.15) is 5.75 Å².